The zero-order valence-electron chi connectivity index (χ0n) is 21.3. The van der Waals surface area contributed by atoms with E-state index in [0.717, 1.165) is 11.1 Å². The predicted molar refractivity (Wildman–Crippen MR) is 150 cm³/mol. The highest BCUT2D eigenvalue weighted by molar-refractivity contribution is 7.92. The molecule has 0 bridgehead atoms. The highest BCUT2D eigenvalue weighted by Gasteiger charge is 2.32. The number of rotatable bonds is 10. The number of carbonyl (C=O) groups excluding carboxylic acids is 1. The van der Waals surface area contributed by atoms with Crippen LogP contribution in [0.1, 0.15) is 30.4 Å². The van der Waals surface area contributed by atoms with E-state index in [0.29, 0.717) is 43.6 Å². The molecular weight excluding hydrogens is 522 g/mol. The Morgan fingerprint density at radius 3 is 2.24 bits per heavy atom. The van der Waals surface area contributed by atoms with Gasteiger partial charge in [0.15, 0.2) is 0 Å². The maximum atomic E-state index is 12.9. The van der Waals surface area contributed by atoms with E-state index in [-0.39, 0.29) is 23.1 Å². The number of benzene rings is 3. The van der Waals surface area contributed by atoms with Crippen molar-refractivity contribution in [2.75, 3.05) is 28.9 Å². The molecule has 0 aliphatic carbocycles. The molecule has 2 N–H and O–H groups in total. The van der Waals surface area contributed by atoms with Crippen LogP contribution in [-0.4, -0.2) is 45.9 Å². The van der Waals surface area contributed by atoms with Crippen molar-refractivity contribution >= 4 is 37.3 Å². The number of aryl methyl sites for hydroxylation is 2. The first kappa shape index (κ1) is 27.8. The minimum absolute atomic E-state index is 0.0444. The van der Waals surface area contributed by atoms with E-state index in [1.165, 1.54) is 28.6 Å². The Kier molecular flexibility index (Phi) is 8.86. The molecule has 0 aromatic heterocycles. The fourth-order valence-electron chi connectivity index (χ4n) is 4.44. The van der Waals surface area contributed by atoms with Crippen LogP contribution in [0, 0.1) is 12.8 Å². The summed E-state index contributed by atoms with van der Waals surface area (Å²) in [7, 11) is -7.24. The number of amides is 1. The molecule has 3 aromatic carbocycles. The predicted octanol–water partition coefficient (Wildman–Crippen LogP) is 4.41. The lowest BCUT2D eigenvalue weighted by molar-refractivity contribution is -0.120. The summed E-state index contributed by atoms with van der Waals surface area (Å²) in [5, 5.41) is 2.81. The van der Waals surface area contributed by atoms with Gasteiger partial charge in [-0.1, -0.05) is 48.0 Å². The summed E-state index contributed by atoms with van der Waals surface area (Å²) < 4.78 is 55.2. The maximum Gasteiger partial charge on any atom is 0.261 e. The first-order chi connectivity index (χ1) is 18.1. The first-order valence-electron chi connectivity index (χ1n) is 12.6. The van der Waals surface area contributed by atoms with Gasteiger partial charge in [0.2, 0.25) is 15.9 Å². The smallest absolute Gasteiger partial charge is 0.261 e. The van der Waals surface area contributed by atoms with E-state index in [1.54, 1.807) is 12.1 Å². The second kappa shape index (κ2) is 12.1. The second-order valence-electron chi connectivity index (χ2n) is 9.59. The molecule has 10 heteroatoms. The van der Waals surface area contributed by atoms with Crippen LogP contribution in [0.25, 0.3) is 0 Å². The van der Waals surface area contributed by atoms with Crippen molar-refractivity contribution in [2.24, 2.45) is 5.92 Å². The maximum absolute atomic E-state index is 12.9. The summed E-state index contributed by atoms with van der Waals surface area (Å²) in [6.45, 7) is 2.48. The molecule has 38 heavy (non-hydrogen) atoms. The molecule has 202 valence electrons. The molecule has 1 fully saturated rings. The average molecular weight is 556 g/mol. The monoisotopic (exact) mass is 555 g/mol. The fourth-order valence-corrected chi connectivity index (χ4v) is 7.08. The number of carbonyl (C=O) groups is 1. The number of hydrogen-bond donors (Lipinski definition) is 2. The standard InChI is InChI=1S/C28H33N3O5S2/c1-22-11-13-26(14-12-22)30-38(35,36)27-17-15-25(16-18-27)29-28(32)24-10-5-19-31(21-24)37(33,34)20-6-9-23-7-3-2-4-8-23/h2-4,7-8,11-18,24,30H,5-6,9-10,19-21H2,1H3,(H,29,32)/t24-/m1/s1. The van der Waals surface area contributed by atoms with E-state index in [2.05, 4.69) is 10.0 Å². The Morgan fingerprint density at radius 2 is 1.55 bits per heavy atom. The molecule has 1 atom stereocenters. The molecule has 3 aromatic rings. The van der Waals surface area contributed by atoms with Crippen molar-refractivity contribution in [1.82, 2.24) is 4.31 Å². The Balaban J connectivity index is 1.31. The Hall–Kier alpha value is -3.21. The normalized spacial score (nSPS) is 16.6. The zero-order chi connectivity index (χ0) is 27.2. The minimum Gasteiger partial charge on any atom is -0.326 e. The summed E-state index contributed by atoms with van der Waals surface area (Å²) >= 11 is 0. The van der Waals surface area contributed by atoms with Gasteiger partial charge in [-0.15, -0.1) is 0 Å². The highest BCUT2D eigenvalue weighted by atomic mass is 32.2. The summed E-state index contributed by atoms with van der Waals surface area (Å²) in [6, 6.07) is 22.7. The molecule has 1 saturated heterocycles. The summed E-state index contributed by atoms with van der Waals surface area (Å²) in [5.74, 6) is -0.704. The van der Waals surface area contributed by atoms with E-state index < -0.39 is 26.0 Å². The highest BCUT2D eigenvalue weighted by Crippen LogP contribution is 2.23. The largest absolute Gasteiger partial charge is 0.326 e. The van der Waals surface area contributed by atoms with E-state index >= 15 is 0 Å². The quantitative estimate of drug-likeness (QED) is 0.385. The molecule has 0 spiro atoms. The lowest BCUT2D eigenvalue weighted by Crippen LogP contribution is -2.44. The van der Waals surface area contributed by atoms with Gasteiger partial charge in [-0.3, -0.25) is 9.52 Å². The topological polar surface area (TPSA) is 113 Å². The van der Waals surface area contributed by atoms with E-state index in [9.17, 15) is 21.6 Å². The van der Waals surface area contributed by atoms with Gasteiger partial charge >= 0.3 is 0 Å². The Morgan fingerprint density at radius 1 is 0.895 bits per heavy atom. The third-order valence-electron chi connectivity index (χ3n) is 6.59. The van der Waals surface area contributed by atoms with Crippen LogP contribution >= 0.6 is 0 Å². The lowest BCUT2D eigenvalue weighted by atomic mass is 9.99. The number of hydrogen-bond acceptors (Lipinski definition) is 5. The van der Waals surface area contributed by atoms with Crippen molar-refractivity contribution in [3.8, 4) is 0 Å². The van der Waals surface area contributed by atoms with Crippen molar-refractivity contribution in [1.29, 1.82) is 0 Å². The van der Waals surface area contributed by atoms with Gasteiger partial charge in [0, 0.05) is 24.5 Å². The zero-order valence-corrected chi connectivity index (χ0v) is 23.0. The van der Waals surface area contributed by atoms with Crippen LogP contribution in [0.5, 0.6) is 0 Å². The summed E-state index contributed by atoms with van der Waals surface area (Å²) in [4.78, 5) is 13.0. The van der Waals surface area contributed by atoms with Gasteiger partial charge in [0.05, 0.1) is 16.6 Å². The van der Waals surface area contributed by atoms with Crippen molar-refractivity contribution in [2.45, 2.75) is 37.5 Å². The molecule has 1 aliphatic rings. The van der Waals surface area contributed by atoms with Crippen LogP contribution in [0.3, 0.4) is 0 Å². The number of piperidine rings is 1. The number of nitrogens with one attached hydrogen (secondary N) is 2. The number of nitrogens with zero attached hydrogens (tertiary/aromatic N) is 1. The van der Waals surface area contributed by atoms with Gasteiger partial charge in [0.1, 0.15) is 0 Å². The van der Waals surface area contributed by atoms with Crippen LogP contribution in [0.2, 0.25) is 0 Å². The average Bonchev–Trinajstić information content (AvgIpc) is 2.91. The number of sulfonamides is 2. The van der Waals surface area contributed by atoms with Gasteiger partial charge in [-0.25, -0.2) is 21.1 Å². The van der Waals surface area contributed by atoms with Gasteiger partial charge < -0.3 is 5.32 Å². The summed E-state index contributed by atoms with van der Waals surface area (Å²) in [6.07, 6.45) is 2.41. The molecule has 1 amide bonds. The van der Waals surface area contributed by atoms with E-state index in [1.807, 2.05) is 49.4 Å². The SMILES string of the molecule is Cc1ccc(NS(=O)(=O)c2ccc(NC(=O)[C@@H]3CCCN(S(=O)(=O)CCCc4ccccc4)C3)cc2)cc1. The van der Waals surface area contributed by atoms with Gasteiger partial charge in [-0.2, -0.15) is 0 Å². The van der Waals surface area contributed by atoms with Gasteiger partial charge in [-0.05, 0) is 74.6 Å². The lowest BCUT2D eigenvalue weighted by Gasteiger charge is -2.31. The van der Waals surface area contributed by atoms with E-state index in [4.69, 9.17) is 0 Å². The minimum atomic E-state index is -3.78. The Bertz CT molecular complexity index is 1440. The van der Waals surface area contributed by atoms with Gasteiger partial charge in [0.25, 0.3) is 10.0 Å². The molecule has 4 rings (SSSR count). The van der Waals surface area contributed by atoms with Crippen molar-refractivity contribution in [3.05, 3.63) is 90.0 Å². The number of anilines is 2. The first-order valence-corrected chi connectivity index (χ1v) is 15.7. The molecule has 0 saturated carbocycles. The molecule has 0 unspecified atom stereocenters. The second-order valence-corrected chi connectivity index (χ2v) is 13.4. The molecule has 1 heterocycles. The van der Waals surface area contributed by atoms with Crippen LogP contribution in [-0.2, 0) is 31.3 Å². The van der Waals surface area contributed by atoms with Crippen LogP contribution < -0.4 is 10.0 Å². The molecule has 1 aliphatic heterocycles. The van der Waals surface area contributed by atoms with Crippen LogP contribution in [0.15, 0.2) is 83.8 Å². The third-order valence-corrected chi connectivity index (χ3v) is 9.92. The molecule has 8 nitrogen and oxygen atoms in total. The van der Waals surface area contributed by atoms with Crippen molar-refractivity contribution in [3.63, 3.8) is 0 Å². The van der Waals surface area contributed by atoms with Crippen LogP contribution in [0.4, 0.5) is 11.4 Å². The fraction of sp³-hybridized carbons (Fsp3) is 0.321. The molecule has 0 radical (unpaired) electrons. The Labute approximate surface area is 225 Å². The van der Waals surface area contributed by atoms with Crippen molar-refractivity contribution < 1.29 is 21.6 Å². The third kappa shape index (κ3) is 7.43. The molecular formula is C28H33N3O5S2. The summed E-state index contributed by atoms with van der Waals surface area (Å²) in [5.41, 5.74) is 3.04.